The van der Waals surface area contributed by atoms with Gasteiger partial charge < -0.3 is 4.74 Å². The van der Waals surface area contributed by atoms with E-state index in [9.17, 15) is 17.6 Å². The molecule has 0 radical (unpaired) electrons. The summed E-state index contributed by atoms with van der Waals surface area (Å²) >= 11 is 0. The van der Waals surface area contributed by atoms with E-state index in [2.05, 4.69) is 17.0 Å². The van der Waals surface area contributed by atoms with Gasteiger partial charge in [-0.15, -0.1) is 0 Å². The monoisotopic (exact) mass is 391 g/mol. The zero-order chi connectivity index (χ0) is 19.7. The molecule has 2 aliphatic heterocycles. The first kappa shape index (κ1) is 19.2. The van der Waals surface area contributed by atoms with Gasteiger partial charge in [0.05, 0.1) is 24.8 Å². The molecule has 4 rings (SSSR count). The Morgan fingerprint density at radius 3 is 2.54 bits per heavy atom. The summed E-state index contributed by atoms with van der Waals surface area (Å²) in [5.74, 6) is -0.645. The fourth-order valence-electron chi connectivity index (χ4n) is 4.15. The highest BCUT2D eigenvalue weighted by atomic mass is 19.4. The van der Waals surface area contributed by atoms with Crippen LogP contribution in [0.25, 0.3) is 0 Å². The van der Waals surface area contributed by atoms with Crippen molar-refractivity contribution in [1.29, 1.82) is 0 Å². The fourth-order valence-corrected chi connectivity index (χ4v) is 4.15. The van der Waals surface area contributed by atoms with Crippen LogP contribution < -0.4 is 0 Å². The summed E-state index contributed by atoms with van der Waals surface area (Å²) < 4.78 is 59.2. The zero-order valence-corrected chi connectivity index (χ0v) is 15.3. The lowest BCUT2D eigenvalue weighted by Crippen LogP contribution is -2.53. The molecule has 0 spiro atoms. The summed E-state index contributed by atoms with van der Waals surface area (Å²) in [6, 6.07) is 12.9. The minimum Gasteiger partial charge on any atom is -0.378 e. The van der Waals surface area contributed by atoms with Crippen molar-refractivity contribution in [3.05, 3.63) is 82.7 Å². The van der Waals surface area contributed by atoms with Gasteiger partial charge in [0.1, 0.15) is 5.82 Å². The van der Waals surface area contributed by atoms with Crippen LogP contribution in [0, 0.1) is 5.82 Å². The minimum absolute atomic E-state index is 0.00532. The van der Waals surface area contributed by atoms with Crippen molar-refractivity contribution < 1.29 is 22.3 Å². The molecule has 1 saturated heterocycles. The SMILES string of the molecule is Fc1ccc(C(F)(F)F)c(CC2=CC3COCC(C2)N3Cc2ccccc2)c1. The molecule has 2 unspecified atom stereocenters. The molecule has 2 aromatic carbocycles. The maximum atomic E-state index is 13.6. The van der Waals surface area contributed by atoms with Crippen LogP contribution in [0.15, 0.2) is 60.2 Å². The molecule has 0 aromatic heterocycles. The van der Waals surface area contributed by atoms with Gasteiger partial charge in [0.2, 0.25) is 0 Å². The molecule has 2 nitrogen and oxygen atoms in total. The molecule has 0 N–H and O–H groups in total. The van der Waals surface area contributed by atoms with Gasteiger partial charge in [-0.3, -0.25) is 4.90 Å². The van der Waals surface area contributed by atoms with Gasteiger partial charge in [0.15, 0.2) is 0 Å². The summed E-state index contributed by atoms with van der Waals surface area (Å²) in [7, 11) is 0. The molecular weight excluding hydrogens is 370 g/mol. The quantitative estimate of drug-likeness (QED) is 0.538. The number of rotatable bonds is 4. The Labute approximate surface area is 161 Å². The smallest absolute Gasteiger partial charge is 0.378 e. The van der Waals surface area contributed by atoms with E-state index in [1.54, 1.807) is 0 Å². The van der Waals surface area contributed by atoms with Crippen LogP contribution in [0.4, 0.5) is 17.6 Å². The zero-order valence-electron chi connectivity index (χ0n) is 15.3. The second-order valence-electron chi connectivity index (χ2n) is 7.42. The number of nitrogens with zero attached hydrogens (tertiary/aromatic N) is 1. The summed E-state index contributed by atoms with van der Waals surface area (Å²) in [6.07, 6.45) is -1.75. The van der Waals surface area contributed by atoms with Crippen LogP contribution in [0.5, 0.6) is 0 Å². The van der Waals surface area contributed by atoms with Gasteiger partial charge in [0.25, 0.3) is 0 Å². The fraction of sp³-hybridized carbons (Fsp3) is 0.364. The lowest BCUT2D eigenvalue weighted by Gasteiger charge is -2.45. The molecule has 1 fully saturated rings. The van der Waals surface area contributed by atoms with Crippen molar-refractivity contribution >= 4 is 0 Å². The number of hydrogen-bond acceptors (Lipinski definition) is 2. The summed E-state index contributed by atoms with van der Waals surface area (Å²) in [4.78, 5) is 2.35. The first-order valence-corrected chi connectivity index (χ1v) is 9.33. The molecule has 2 bridgehead atoms. The third-order valence-corrected chi connectivity index (χ3v) is 5.42. The van der Waals surface area contributed by atoms with Gasteiger partial charge >= 0.3 is 6.18 Å². The number of benzene rings is 2. The van der Waals surface area contributed by atoms with E-state index in [-0.39, 0.29) is 24.1 Å². The second-order valence-corrected chi connectivity index (χ2v) is 7.42. The number of ether oxygens (including phenoxy) is 1. The van der Waals surface area contributed by atoms with E-state index >= 15 is 0 Å². The lowest BCUT2D eigenvalue weighted by atomic mass is 9.88. The molecule has 0 amide bonds. The van der Waals surface area contributed by atoms with Crippen molar-refractivity contribution in [2.45, 2.75) is 37.6 Å². The molecule has 0 saturated carbocycles. The maximum Gasteiger partial charge on any atom is 0.416 e. The third kappa shape index (κ3) is 4.13. The van der Waals surface area contributed by atoms with Crippen molar-refractivity contribution in [2.24, 2.45) is 0 Å². The Bertz CT molecular complexity index is 863. The van der Waals surface area contributed by atoms with Crippen LogP contribution in [0.1, 0.15) is 23.1 Å². The number of fused-ring (bicyclic) bond motifs is 2. The maximum absolute atomic E-state index is 13.6. The van der Waals surface area contributed by atoms with Crippen LogP contribution in [-0.4, -0.2) is 30.2 Å². The molecule has 2 atom stereocenters. The van der Waals surface area contributed by atoms with Gasteiger partial charge in [-0.05, 0) is 42.2 Å². The Morgan fingerprint density at radius 1 is 1.04 bits per heavy atom. The molecule has 6 heteroatoms. The molecule has 28 heavy (non-hydrogen) atoms. The number of morpholine rings is 1. The van der Waals surface area contributed by atoms with Crippen LogP contribution in [-0.2, 0) is 23.9 Å². The Morgan fingerprint density at radius 2 is 1.82 bits per heavy atom. The highest BCUT2D eigenvalue weighted by Crippen LogP contribution is 2.36. The number of alkyl halides is 3. The standard InChI is InChI=1S/C22H21F4NO/c23-18-6-7-21(22(24,25)26)17(11-18)8-16-9-19-13-28-14-20(10-16)27(19)12-15-4-2-1-3-5-15/h1-7,9,11,19-20H,8,10,12-14H2. The highest BCUT2D eigenvalue weighted by Gasteiger charge is 2.37. The van der Waals surface area contributed by atoms with E-state index in [4.69, 9.17) is 4.74 Å². The number of hydrogen-bond donors (Lipinski definition) is 0. The average molecular weight is 391 g/mol. The molecule has 2 heterocycles. The van der Waals surface area contributed by atoms with Gasteiger partial charge in [0, 0.05) is 12.6 Å². The first-order valence-electron chi connectivity index (χ1n) is 9.33. The summed E-state index contributed by atoms with van der Waals surface area (Å²) in [5, 5.41) is 0. The normalized spacial score (nSPS) is 22.8. The van der Waals surface area contributed by atoms with Crippen LogP contribution >= 0.6 is 0 Å². The van der Waals surface area contributed by atoms with Crippen molar-refractivity contribution in [1.82, 2.24) is 4.90 Å². The second kappa shape index (κ2) is 7.68. The van der Waals surface area contributed by atoms with Gasteiger partial charge in [-0.1, -0.05) is 42.0 Å². The predicted octanol–water partition coefficient (Wildman–Crippen LogP) is 4.99. The van der Waals surface area contributed by atoms with E-state index in [0.717, 1.165) is 30.3 Å². The predicted molar refractivity (Wildman–Crippen MR) is 98.2 cm³/mol. The molecular formula is C22H21F4NO. The van der Waals surface area contributed by atoms with E-state index in [1.165, 1.54) is 5.56 Å². The summed E-state index contributed by atoms with van der Waals surface area (Å²) in [5.41, 5.74) is 1.34. The van der Waals surface area contributed by atoms with Crippen molar-refractivity contribution in [2.75, 3.05) is 13.2 Å². The van der Waals surface area contributed by atoms with Gasteiger partial charge in [-0.25, -0.2) is 4.39 Å². The molecule has 2 aromatic rings. The third-order valence-electron chi connectivity index (χ3n) is 5.42. The Balaban J connectivity index is 1.57. The average Bonchev–Trinajstić information content (AvgIpc) is 2.62. The molecule has 148 valence electrons. The van der Waals surface area contributed by atoms with Crippen LogP contribution in [0.3, 0.4) is 0 Å². The van der Waals surface area contributed by atoms with Gasteiger partial charge in [-0.2, -0.15) is 13.2 Å². The largest absolute Gasteiger partial charge is 0.416 e. The van der Waals surface area contributed by atoms with Crippen molar-refractivity contribution in [3.63, 3.8) is 0 Å². The lowest BCUT2D eigenvalue weighted by molar-refractivity contribution is -0.138. The Kier molecular flexibility index (Phi) is 5.25. The Hall–Kier alpha value is -2.18. The topological polar surface area (TPSA) is 12.5 Å². The summed E-state index contributed by atoms with van der Waals surface area (Å²) in [6.45, 7) is 1.84. The minimum atomic E-state index is -4.49. The highest BCUT2D eigenvalue weighted by molar-refractivity contribution is 5.35. The number of halogens is 4. The van der Waals surface area contributed by atoms with E-state index in [1.807, 2.05) is 24.3 Å². The molecule has 0 aliphatic carbocycles. The van der Waals surface area contributed by atoms with Crippen LogP contribution in [0.2, 0.25) is 0 Å². The first-order chi connectivity index (χ1) is 13.4. The van der Waals surface area contributed by atoms with E-state index in [0.29, 0.717) is 19.6 Å². The van der Waals surface area contributed by atoms with E-state index < -0.39 is 17.6 Å². The van der Waals surface area contributed by atoms with Crippen molar-refractivity contribution in [3.8, 4) is 0 Å². The molecule has 2 aliphatic rings.